The lowest BCUT2D eigenvalue weighted by atomic mass is 10.3. The highest BCUT2D eigenvalue weighted by molar-refractivity contribution is 5.82. The van der Waals surface area contributed by atoms with Gasteiger partial charge in [-0.25, -0.2) is 10.1 Å². The van der Waals surface area contributed by atoms with Crippen LogP contribution in [0.1, 0.15) is 5.56 Å². The minimum atomic E-state index is -0.354. The van der Waals surface area contributed by atoms with Crippen LogP contribution < -0.4 is 14.9 Å². The average molecular weight is 350 g/mol. The van der Waals surface area contributed by atoms with Crippen molar-refractivity contribution in [2.75, 3.05) is 13.7 Å². The average Bonchev–Trinajstić information content (AvgIpc) is 3.16. The van der Waals surface area contributed by atoms with Crippen LogP contribution in [0.3, 0.4) is 0 Å². The lowest BCUT2D eigenvalue weighted by Crippen LogP contribution is -2.24. The van der Waals surface area contributed by atoms with Crippen molar-refractivity contribution in [2.24, 2.45) is 5.10 Å². The van der Waals surface area contributed by atoms with Gasteiger partial charge in [0, 0.05) is 11.8 Å². The summed E-state index contributed by atoms with van der Waals surface area (Å²) >= 11 is 0. The maximum absolute atomic E-state index is 11.8. The van der Waals surface area contributed by atoms with Crippen LogP contribution in [0.2, 0.25) is 0 Å². The van der Waals surface area contributed by atoms with Crippen molar-refractivity contribution in [2.45, 2.75) is 0 Å². The Bertz CT molecular complexity index is 873. The van der Waals surface area contributed by atoms with E-state index in [-0.39, 0.29) is 12.5 Å². The number of methoxy groups -OCH3 is 1. The van der Waals surface area contributed by atoms with Crippen LogP contribution in [0.25, 0.3) is 5.69 Å². The van der Waals surface area contributed by atoms with E-state index in [1.54, 1.807) is 42.3 Å². The SMILES string of the molecule is COc1ccc(OCC(=O)N/N=C\c2cnn(-c3ccccc3)c2)cc1. The van der Waals surface area contributed by atoms with Crippen LogP contribution in [0, 0.1) is 0 Å². The predicted molar refractivity (Wildman–Crippen MR) is 97.8 cm³/mol. The van der Waals surface area contributed by atoms with Crippen LogP contribution in [0.5, 0.6) is 11.5 Å². The number of hydrogen-bond acceptors (Lipinski definition) is 5. The first-order valence-electron chi connectivity index (χ1n) is 7.93. The van der Waals surface area contributed by atoms with E-state index in [1.807, 2.05) is 36.5 Å². The molecule has 1 amide bonds. The third-order valence-corrected chi connectivity index (χ3v) is 3.46. The number of amides is 1. The van der Waals surface area contributed by atoms with Gasteiger partial charge >= 0.3 is 0 Å². The van der Waals surface area contributed by atoms with E-state index in [2.05, 4.69) is 15.6 Å². The van der Waals surface area contributed by atoms with Gasteiger partial charge in [0.1, 0.15) is 11.5 Å². The summed E-state index contributed by atoms with van der Waals surface area (Å²) in [6.45, 7) is -0.132. The molecule has 1 heterocycles. The molecule has 0 saturated carbocycles. The molecule has 0 aliphatic rings. The minimum absolute atomic E-state index is 0.132. The molecule has 0 atom stereocenters. The van der Waals surface area contributed by atoms with Gasteiger partial charge in [-0.1, -0.05) is 18.2 Å². The van der Waals surface area contributed by atoms with Crippen LogP contribution in [-0.2, 0) is 4.79 Å². The molecule has 0 aliphatic carbocycles. The zero-order chi connectivity index (χ0) is 18.2. The molecule has 7 nitrogen and oxygen atoms in total. The number of hydrazone groups is 1. The standard InChI is InChI=1S/C19H18N4O3/c1-25-17-7-9-18(10-8-17)26-14-19(24)22-20-11-15-12-21-23(13-15)16-5-3-2-4-6-16/h2-13H,14H2,1H3,(H,22,24)/b20-11-. The van der Waals surface area contributed by atoms with Crippen molar-refractivity contribution in [3.05, 3.63) is 72.6 Å². The summed E-state index contributed by atoms with van der Waals surface area (Å²) in [4.78, 5) is 11.8. The Morgan fingerprint density at radius 2 is 1.88 bits per heavy atom. The third-order valence-electron chi connectivity index (χ3n) is 3.46. The number of nitrogens with zero attached hydrogens (tertiary/aromatic N) is 3. The molecule has 0 unspecified atom stereocenters. The molecule has 26 heavy (non-hydrogen) atoms. The number of para-hydroxylation sites is 1. The Morgan fingerprint density at radius 1 is 1.15 bits per heavy atom. The van der Waals surface area contributed by atoms with E-state index in [9.17, 15) is 4.79 Å². The summed E-state index contributed by atoms with van der Waals surface area (Å²) in [6.07, 6.45) is 5.01. The number of benzene rings is 2. The summed E-state index contributed by atoms with van der Waals surface area (Å²) in [5.41, 5.74) is 4.13. The van der Waals surface area contributed by atoms with Gasteiger partial charge in [-0.15, -0.1) is 0 Å². The van der Waals surface area contributed by atoms with Gasteiger partial charge < -0.3 is 9.47 Å². The van der Waals surface area contributed by atoms with Crippen molar-refractivity contribution < 1.29 is 14.3 Å². The Morgan fingerprint density at radius 3 is 2.62 bits per heavy atom. The molecule has 0 aliphatic heterocycles. The van der Waals surface area contributed by atoms with E-state index in [1.165, 1.54) is 6.21 Å². The summed E-state index contributed by atoms with van der Waals surface area (Å²) in [5, 5.41) is 8.16. The largest absolute Gasteiger partial charge is 0.497 e. The van der Waals surface area contributed by atoms with Crippen LogP contribution in [0.4, 0.5) is 0 Å². The maximum Gasteiger partial charge on any atom is 0.277 e. The second kappa shape index (κ2) is 8.48. The van der Waals surface area contributed by atoms with E-state index >= 15 is 0 Å². The molecule has 0 spiro atoms. The predicted octanol–water partition coefficient (Wildman–Crippen LogP) is 2.41. The molecular formula is C19H18N4O3. The lowest BCUT2D eigenvalue weighted by Gasteiger charge is -2.05. The van der Waals surface area contributed by atoms with Crippen molar-refractivity contribution in [3.8, 4) is 17.2 Å². The highest BCUT2D eigenvalue weighted by atomic mass is 16.5. The van der Waals surface area contributed by atoms with Crippen LogP contribution >= 0.6 is 0 Å². The van der Waals surface area contributed by atoms with E-state index in [0.29, 0.717) is 5.75 Å². The zero-order valence-corrected chi connectivity index (χ0v) is 14.2. The normalized spacial score (nSPS) is 10.7. The van der Waals surface area contributed by atoms with Crippen molar-refractivity contribution in [3.63, 3.8) is 0 Å². The first-order chi connectivity index (χ1) is 12.7. The Balaban J connectivity index is 1.47. The van der Waals surface area contributed by atoms with Crippen LogP contribution in [-0.4, -0.2) is 35.6 Å². The van der Waals surface area contributed by atoms with Gasteiger partial charge in [-0.05, 0) is 36.4 Å². The lowest BCUT2D eigenvalue weighted by molar-refractivity contribution is -0.123. The maximum atomic E-state index is 11.8. The van der Waals surface area contributed by atoms with Gasteiger partial charge in [0.25, 0.3) is 5.91 Å². The number of carbonyl (C=O) groups is 1. The number of carbonyl (C=O) groups excluding carboxylic acids is 1. The number of aromatic nitrogens is 2. The van der Waals surface area contributed by atoms with Crippen molar-refractivity contribution >= 4 is 12.1 Å². The minimum Gasteiger partial charge on any atom is -0.497 e. The molecule has 1 N–H and O–H groups in total. The molecule has 0 bridgehead atoms. The number of ether oxygens (including phenoxy) is 2. The molecule has 0 radical (unpaired) electrons. The number of rotatable bonds is 7. The van der Waals surface area contributed by atoms with E-state index in [4.69, 9.17) is 9.47 Å². The Hall–Kier alpha value is -3.61. The zero-order valence-electron chi connectivity index (χ0n) is 14.2. The molecule has 7 heteroatoms. The molecule has 3 aromatic rings. The Kier molecular flexibility index (Phi) is 5.61. The van der Waals surface area contributed by atoms with Gasteiger partial charge in [0.05, 0.1) is 25.2 Å². The van der Waals surface area contributed by atoms with Crippen LogP contribution in [0.15, 0.2) is 72.1 Å². The monoisotopic (exact) mass is 350 g/mol. The summed E-state index contributed by atoms with van der Waals surface area (Å²) < 4.78 is 12.2. The smallest absolute Gasteiger partial charge is 0.277 e. The topological polar surface area (TPSA) is 77.7 Å². The molecule has 0 fully saturated rings. The van der Waals surface area contributed by atoms with E-state index in [0.717, 1.165) is 17.0 Å². The van der Waals surface area contributed by atoms with E-state index < -0.39 is 0 Å². The summed E-state index contributed by atoms with van der Waals surface area (Å²) in [6, 6.07) is 16.7. The highest BCUT2D eigenvalue weighted by Gasteiger charge is 2.02. The second-order valence-electron chi connectivity index (χ2n) is 5.31. The molecule has 132 valence electrons. The van der Waals surface area contributed by atoms with Gasteiger partial charge in [0.15, 0.2) is 6.61 Å². The number of hydrogen-bond donors (Lipinski definition) is 1. The summed E-state index contributed by atoms with van der Waals surface area (Å²) in [5.74, 6) is 0.948. The Labute approximate surface area is 150 Å². The molecule has 3 rings (SSSR count). The first kappa shape index (κ1) is 17.2. The van der Waals surface area contributed by atoms with Crippen molar-refractivity contribution in [1.29, 1.82) is 0 Å². The van der Waals surface area contributed by atoms with Gasteiger partial charge in [-0.2, -0.15) is 10.2 Å². The van der Waals surface area contributed by atoms with Gasteiger partial charge in [-0.3, -0.25) is 4.79 Å². The quantitative estimate of drug-likeness (QED) is 0.524. The van der Waals surface area contributed by atoms with Gasteiger partial charge in [0.2, 0.25) is 0 Å². The second-order valence-corrected chi connectivity index (χ2v) is 5.31. The first-order valence-corrected chi connectivity index (χ1v) is 7.93. The molecule has 1 aromatic heterocycles. The number of nitrogens with one attached hydrogen (secondary N) is 1. The fourth-order valence-corrected chi connectivity index (χ4v) is 2.16. The highest BCUT2D eigenvalue weighted by Crippen LogP contribution is 2.16. The molecule has 2 aromatic carbocycles. The van der Waals surface area contributed by atoms with Crippen molar-refractivity contribution in [1.82, 2.24) is 15.2 Å². The fraction of sp³-hybridized carbons (Fsp3) is 0.105. The molecule has 0 saturated heterocycles. The third kappa shape index (κ3) is 4.70. The fourth-order valence-electron chi connectivity index (χ4n) is 2.16. The summed E-state index contributed by atoms with van der Waals surface area (Å²) in [7, 11) is 1.59. The molecular weight excluding hydrogens is 332 g/mol.